The molecule has 0 aliphatic rings. The van der Waals surface area contributed by atoms with Gasteiger partial charge in [0.1, 0.15) is 30.0 Å². The Morgan fingerprint density at radius 1 is 0.761 bits per heavy atom. The molecule has 2 unspecified atom stereocenters. The maximum absolute atomic E-state index is 13.7. The fraction of sp³-hybridized carbons (Fsp3) is 0.417. The molecular weight excluding hydrogens is 588 g/mol. The lowest BCUT2D eigenvalue weighted by Crippen LogP contribution is -2.53. The number of ether oxygens (including phenoxy) is 5. The Balaban J connectivity index is 1.79. The number of benzene rings is 3. The summed E-state index contributed by atoms with van der Waals surface area (Å²) in [6.45, 7) is 9.61. The predicted molar refractivity (Wildman–Crippen MR) is 176 cm³/mol. The zero-order valence-electron chi connectivity index (χ0n) is 28.0. The van der Waals surface area contributed by atoms with Gasteiger partial charge in [-0.1, -0.05) is 56.3 Å². The van der Waals surface area contributed by atoms with Crippen molar-refractivity contribution < 1.29 is 38.1 Å². The Bertz CT molecular complexity index is 1420. The average molecular weight is 635 g/mol. The second-order valence-corrected chi connectivity index (χ2v) is 12.3. The molecule has 0 radical (unpaired) electrons. The van der Waals surface area contributed by atoms with Gasteiger partial charge >= 0.3 is 5.97 Å². The van der Waals surface area contributed by atoms with E-state index in [1.807, 2.05) is 68.4 Å². The van der Waals surface area contributed by atoms with Gasteiger partial charge in [-0.25, -0.2) is 4.79 Å². The normalized spacial score (nSPS) is 12.5. The molecular formula is C36H46N2O8. The lowest BCUT2D eigenvalue weighted by Gasteiger charge is -2.27. The molecule has 248 valence electrons. The van der Waals surface area contributed by atoms with Crippen LogP contribution in [-0.4, -0.2) is 56.8 Å². The molecule has 0 aliphatic carbocycles. The smallest absolute Gasteiger partial charge is 0.329 e. The number of hydrogen-bond donors (Lipinski definition) is 2. The number of methoxy groups -OCH3 is 3. The average Bonchev–Trinajstić information content (AvgIpc) is 3.02. The minimum absolute atomic E-state index is 0.0550. The Morgan fingerprint density at radius 3 is 1.89 bits per heavy atom. The van der Waals surface area contributed by atoms with Crippen LogP contribution in [0.2, 0.25) is 0 Å². The van der Waals surface area contributed by atoms with E-state index in [4.69, 9.17) is 23.7 Å². The van der Waals surface area contributed by atoms with Crippen LogP contribution < -0.4 is 29.6 Å². The summed E-state index contributed by atoms with van der Waals surface area (Å²) in [5.74, 6) is 0.0830. The van der Waals surface area contributed by atoms with E-state index in [2.05, 4.69) is 10.6 Å². The Morgan fingerprint density at radius 2 is 1.37 bits per heavy atom. The molecule has 10 nitrogen and oxygen atoms in total. The summed E-state index contributed by atoms with van der Waals surface area (Å²) >= 11 is 0. The highest BCUT2D eigenvalue weighted by Crippen LogP contribution is 2.38. The number of amides is 2. The molecule has 0 saturated heterocycles. The fourth-order valence-corrected chi connectivity index (χ4v) is 4.69. The van der Waals surface area contributed by atoms with Crippen LogP contribution in [0.3, 0.4) is 0 Å². The van der Waals surface area contributed by atoms with Crippen LogP contribution in [0.15, 0.2) is 66.7 Å². The molecule has 0 heterocycles. The van der Waals surface area contributed by atoms with Crippen molar-refractivity contribution in [2.45, 2.75) is 71.8 Å². The van der Waals surface area contributed by atoms with Crippen LogP contribution in [0.1, 0.15) is 62.5 Å². The first-order valence-electron chi connectivity index (χ1n) is 15.2. The predicted octanol–water partition coefficient (Wildman–Crippen LogP) is 5.51. The summed E-state index contributed by atoms with van der Waals surface area (Å²) in [6.07, 6.45) is 0.505. The number of hydrogen-bond acceptors (Lipinski definition) is 8. The third-order valence-corrected chi connectivity index (χ3v) is 6.88. The molecule has 0 aliphatic heterocycles. The summed E-state index contributed by atoms with van der Waals surface area (Å²) < 4.78 is 27.7. The van der Waals surface area contributed by atoms with E-state index in [1.165, 1.54) is 33.5 Å². The lowest BCUT2D eigenvalue weighted by molar-refractivity contribution is -0.158. The van der Waals surface area contributed by atoms with Crippen molar-refractivity contribution in [3.8, 4) is 23.0 Å². The third kappa shape index (κ3) is 10.7. The van der Waals surface area contributed by atoms with Crippen LogP contribution in [0.4, 0.5) is 0 Å². The summed E-state index contributed by atoms with van der Waals surface area (Å²) in [6, 6.07) is 18.3. The SMILES string of the molecule is COc1cc(C(=O)NC(CC(C)C)C(=O)NC(Cc2ccc(OCc3ccccc3)cc2)C(=O)OC(C)(C)C)cc(OC)c1OC. The standard InChI is InChI=1S/C36H46N2O8/c1-23(2)18-28(37-33(39)26-20-30(42-6)32(44-8)31(21-26)43-7)34(40)38-29(35(41)46-36(3,4)5)19-24-14-16-27(17-15-24)45-22-25-12-10-9-11-13-25/h9-17,20-21,23,28-29H,18-19,22H2,1-8H3,(H,37,39)(H,38,40). The van der Waals surface area contributed by atoms with Crippen LogP contribution in [0, 0.1) is 5.92 Å². The van der Waals surface area contributed by atoms with Crippen molar-refractivity contribution in [1.82, 2.24) is 10.6 Å². The van der Waals surface area contributed by atoms with E-state index in [9.17, 15) is 14.4 Å². The van der Waals surface area contributed by atoms with E-state index in [0.717, 1.165) is 11.1 Å². The minimum atomic E-state index is -1.00. The quantitative estimate of drug-likeness (QED) is 0.210. The Hall–Kier alpha value is -4.73. The molecule has 0 fully saturated rings. The summed E-state index contributed by atoms with van der Waals surface area (Å²) in [4.78, 5) is 40.4. The molecule has 0 aromatic heterocycles. The van der Waals surface area contributed by atoms with Crippen LogP contribution in [0.25, 0.3) is 0 Å². The maximum atomic E-state index is 13.7. The number of rotatable bonds is 15. The van der Waals surface area contributed by atoms with Crippen molar-refractivity contribution in [2.24, 2.45) is 5.92 Å². The molecule has 2 amide bonds. The summed E-state index contributed by atoms with van der Waals surface area (Å²) in [7, 11) is 4.38. The molecule has 46 heavy (non-hydrogen) atoms. The number of carbonyl (C=O) groups is 3. The summed E-state index contributed by atoms with van der Waals surface area (Å²) in [5.41, 5.74) is 1.29. The van der Waals surface area contributed by atoms with Crippen molar-refractivity contribution >= 4 is 17.8 Å². The van der Waals surface area contributed by atoms with Crippen LogP contribution in [-0.2, 0) is 27.4 Å². The second kappa shape index (κ2) is 16.5. The Labute approximate surface area is 271 Å². The van der Waals surface area contributed by atoms with E-state index in [-0.39, 0.29) is 17.9 Å². The first-order chi connectivity index (χ1) is 21.8. The maximum Gasteiger partial charge on any atom is 0.329 e. The molecule has 3 aromatic carbocycles. The molecule has 0 bridgehead atoms. The van der Waals surface area contributed by atoms with Gasteiger partial charge in [0.05, 0.1) is 21.3 Å². The topological polar surface area (TPSA) is 121 Å². The zero-order valence-corrected chi connectivity index (χ0v) is 28.0. The van der Waals surface area contributed by atoms with Gasteiger partial charge < -0.3 is 34.3 Å². The first-order valence-corrected chi connectivity index (χ1v) is 15.2. The first kappa shape index (κ1) is 35.7. The molecule has 10 heteroatoms. The van der Waals surface area contributed by atoms with Crippen LogP contribution >= 0.6 is 0 Å². The van der Waals surface area contributed by atoms with E-state index < -0.39 is 35.5 Å². The highest BCUT2D eigenvalue weighted by molar-refractivity contribution is 5.99. The molecule has 3 rings (SSSR count). The molecule has 0 spiro atoms. The van der Waals surface area contributed by atoms with Gasteiger partial charge in [0.25, 0.3) is 5.91 Å². The molecule has 2 atom stereocenters. The van der Waals surface area contributed by atoms with E-state index in [0.29, 0.717) is 36.0 Å². The third-order valence-electron chi connectivity index (χ3n) is 6.88. The van der Waals surface area contributed by atoms with Crippen molar-refractivity contribution in [1.29, 1.82) is 0 Å². The van der Waals surface area contributed by atoms with Crippen molar-refractivity contribution in [3.05, 3.63) is 83.4 Å². The monoisotopic (exact) mass is 634 g/mol. The zero-order chi connectivity index (χ0) is 33.9. The van der Waals surface area contributed by atoms with Gasteiger partial charge in [0.15, 0.2) is 11.5 Å². The summed E-state index contributed by atoms with van der Waals surface area (Å²) in [5, 5.41) is 5.67. The van der Waals surface area contributed by atoms with E-state index >= 15 is 0 Å². The van der Waals surface area contributed by atoms with Gasteiger partial charge in [-0.2, -0.15) is 0 Å². The Kier molecular flexibility index (Phi) is 12.9. The van der Waals surface area contributed by atoms with Gasteiger partial charge in [-0.05, 0) is 68.5 Å². The van der Waals surface area contributed by atoms with E-state index in [1.54, 1.807) is 20.8 Å². The minimum Gasteiger partial charge on any atom is -0.493 e. The largest absolute Gasteiger partial charge is 0.493 e. The molecule has 2 N–H and O–H groups in total. The molecule has 3 aromatic rings. The van der Waals surface area contributed by atoms with Gasteiger partial charge in [0, 0.05) is 12.0 Å². The van der Waals surface area contributed by atoms with Gasteiger partial charge in [0.2, 0.25) is 11.7 Å². The number of esters is 1. The molecule has 0 saturated carbocycles. The van der Waals surface area contributed by atoms with Crippen molar-refractivity contribution in [2.75, 3.05) is 21.3 Å². The fourth-order valence-electron chi connectivity index (χ4n) is 4.69. The highest BCUT2D eigenvalue weighted by atomic mass is 16.6. The van der Waals surface area contributed by atoms with Crippen LogP contribution in [0.5, 0.6) is 23.0 Å². The number of nitrogens with one attached hydrogen (secondary N) is 2. The second-order valence-electron chi connectivity index (χ2n) is 12.3. The highest BCUT2D eigenvalue weighted by Gasteiger charge is 2.31. The number of carbonyl (C=O) groups excluding carboxylic acids is 3. The lowest BCUT2D eigenvalue weighted by atomic mass is 10.0. The van der Waals surface area contributed by atoms with Gasteiger partial charge in [-0.15, -0.1) is 0 Å². The van der Waals surface area contributed by atoms with Gasteiger partial charge in [-0.3, -0.25) is 9.59 Å². The van der Waals surface area contributed by atoms with Crippen molar-refractivity contribution in [3.63, 3.8) is 0 Å².